The maximum atomic E-state index is 12.3. The van der Waals surface area contributed by atoms with E-state index < -0.39 is 10.0 Å². The van der Waals surface area contributed by atoms with Gasteiger partial charge in [0.15, 0.2) is 0 Å². The third-order valence-electron chi connectivity index (χ3n) is 4.02. The normalized spacial score (nSPS) is 18.9. The van der Waals surface area contributed by atoms with E-state index in [2.05, 4.69) is 21.2 Å². The number of halogens is 1. The standard InChI is InChI=1S/C15H21BrN2O3S/c1-11(12-3-5-14(16)6-4-12)17-15(19)13-7-9-18(10-8-13)22(2,20)21/h3-6,11,13H,7-10H2,1-2H3,(H,17,19)/t11-/m0/s1. The van der Waals surface area contributed by atoms with Crippen molar-refractivity contribution in [2.24, 2.45) is 5.92 Å². The van der Waals surface area contributed by atoms with Gasteiger partial charge in [0.2, 0.25) is 15.9 Å². The molecule has 22 heavy (non-hydrogen) atoms. The van der Waals surface area contributed by atoms with E-state index in [1.807, 2.05) is 31.2 Å². The monoisotopic (exact) mass is 388 g/mol. The molecule has 1 saturated heterocycles. The van der Waals surface area contributed by atoms with Gasteiger partial charge < -0.3 is 5.32 Å². The van der Waals surface area contributed by atoms with Crippen molar-refractivity contribution in [1.29, 1.82) is 0 Å². The van der Waals surface area contributed by atoms with E-state index in [4.69, 9.17) is 0 Å². The van der Waals surface area contributed by atoms with Gasteiger partial charge >= 0.3 is 0 Å². The Morgan fingerprint density at radius 1 is 1.27 bits per heavy atom. The number of amides is 1. The first-order valence-electron chi connectivity index (χ1n) is 7.28. The molecule has 1 aliphatic rings. The maximum Gasteiger partial charge on any atom is 0.223 e. The summed E-state index contributed by atoms with van der Waals surface area (Å²) in [6.45, 7) is 2.79. The number of nitrogens with one attached hydrogen (secondary N) is 1. The number of carbonyl (C=O) groups is 1. The topological polar surface area (TPSA) is 66.5 Å². The average molecular weight is 389 g/mol. The van der Waals surface area contributed by atoms with Crippen LogP contribution in [0.5, 0.6) is 0 Å². The van der Waals surface area contributed by atoms with Gasteiger partial charge in [-0.15, -0.1) is 0 Å². The molecule has 1 aromatic carbocycles. The van der Waals surface area contributed by atoms with E-state index in [9.17, 15) is 13.2 Å². The molecule has 0 aromatic heterocycles. The smallest absolute Gasteiger partial charge is 0.223 e. The van der Waals surface area contributed by atoms with E-state index in [1.54, 1.807) is 0 Å². The van der Waals surface area contributed by atoms with Crippen LogP contribution in [0.3, 0.4) is 0 Å². The molecule has 0 bridgehead atoms. The fourth-order valence-corrected chi connectivity index (χ4v) is 3.75. The highest BCUT2D eigenvalue weighted by Gasteiger charge is 2.29. The average Bonchev–Trinajstić information content (AvgIpc) is 2.47. The molecule has 0 saturated carbocycles. The van der Waals surface area contributed by atoms with Gasteiger partial charge in [0.1, 0.15) is 0 Å². The van der Waals surface area contributed by atoms with Gasteiger partial charge in [-0.3, -0.25) is 4.79 Å². The molecular formula is C15H21BrN2O3S. The molecule has 5 nitrogen and oxygen atoms in total. The number of nitrogens with zero attached hydrogens (tertiary/aromatic N) is 1. The van der Waals surface area contributed by atoms with Crippen LogP contribution in [0.2, 0.25) is 0 Å². The van der Waals surface area contributed by atoms with Crippen LogP contribution in [0.25, 0.3) is 0 Å². The predicted octanol–water partition coefficient (Wildman–Crippen LogP) is 2.30. The number of rotatable bonds is 4. The van der Waals surface area contributed by atoms with Crippen LogP contribution in [-0.4, -0.2) is 38.0 Å². The van der Waals surface area contributed by atoms with E-state index in [0.717, 1.165) is 10.0 Å². The van der Waals surface area contributed by atoms with Gasteiger partial charge in [-0.25, -0.2) is 12.7 Å². The quantitative estimate of drug-likeness (QED) is 0.860. The Morgan fingerprint density at radius 3 is 2.32 bits per heavy atom. The molecule has 122 valence electrons. The second-order valence-corrected chi connectivity index (χ2v) is 8.62. The van der Waals surface area contributed by atoms with Gasteiger partial charge in [0, 0.05) is 23.5 Å². The number of piperidine rings is 1. The molecule has 1 aliphatic heterocycles. The molecular weight excluding hydrogens is 368 g/mol. The summed E-state index contributed by atoms with van der Waals surface area (Å²) >= 11 is 3.39. The molecule has 7 heteroatoms. The predicted molar refractivity (Wildman–Crippen MR) is 89.8 cm³/mol. The van der Waals surface area contributed by atoms with Gasteiger partial charge in [0.25, 0.3) is 0 Å². The molecule has 2 rings (SSSR count). The zero-order chi connectivity index (χ0) is 16.3. The SMILES string of the molecule is C[C@H](NC(=O)C1CCN(S(C)(=O)=O)CC1)c1ccc(Br)cc1. The van der Waals surface area contributed by atoms with Crippen LogP contribution in [0.1, 0.15) is 31.4 Å². The van der Waals surface area contributed by atoms with Crippen molar-refractivity contribution in [3.8, 4) is 0 Å². The van der Waals surface area contributed by atoms with Crippen LogP contribution >= 0.6 is 15.9 Å². The zero-order valence-corrected chi connectivity index (χ0v) is 15.2. The molecule has 1 N–H and O–H groups in total. The van der Waals surface area contributed by atoms with Crippen LogP contribution in [-0.2, 0) is 14.8 Å². The number of hydrogen-bond donors (Lipinski definition) is 1. The van der Waals surface area contributed by atoms with Gasteiger partial charge in [-0.05, 0) is 37.5 Å². The summed E-state index contributed by atoms with van der Waals surface area (Å²) in [6.07, 6.45) is 2.36. The van der Waals surface area contributed by atoms with Crippen LogP contribution in [0.4, 0.5) is 0 Å². The number of sulfonamides is 1. The molecule has 1 heterocycles. The molecule has 0 aliphatic carbocycles. The van der Waals surface area contributed by atoms with Crippen molar-refractivity contribution < 1.29 is 13.2 Å². The second kappa shape index (κ2) is 7.10. The number of carbonyl (C=O) groups excluding carboxylic acids is 1. The van der Waals surface area contributed by atoms with Crippen LogP contribution in [0, 0.1) is 5.92 Å². The highest BCUT2D eigenvalue weighted by atomic mass is 79.9. The first kappa shape index (κ1) is 17.4. The molecule has 0 radical (unpaired) electrons. The fourth-order valence-electron chi connectivity index (χ4n) is 2.62. The zero-order valence-electron chi connectivity index (χ0n) is 12.8. The van der Waals surface area contributed by atoms with Crippen LogP contribution in [0.15, 0.2) is 28.7 Å². The third-order valence-corrected chi connectivity index (χ3v) is 5.85. The summed E-state index contributed by atoms with van der Waals surface area (Å²) in [4.78, 5) is 12.3. The van der Waals surface area contributed by atoms with Gasteiger partial charge in [-0.1, -0.05) is 28.1 Å². The van der Waals surface area contributed by atoms with E-state index in [0.29, 0.717) is 25.9 Å². The van der Waals surface area contributed by atoms with Gasteiger partial charge in [0.05, 0.1) is 12.3 Å². The van der Waals surface area contributed by atoms with E-state index in [-0.39, 0.29) is 17.9 Å². The lowest BCUT2D eigenvalue weighted by Crippen LogP contribution is -2.43. The molecule has 1 atom stereocenters. The minimum Gasteiger partial charge on any atom is -0.349 e. The second-order valence-electron chi connectivity index (χ2n) is 5.72. The van der Waals surface area contributed by atoms with Crippen molar-refractivity contribution in [2.75, 3.05) is 19.3 Å². The van der Waals surface area contributed by atoms with Crippen LogP contribution < -0.4 is 5.32 Å². The Balaban J connectivity index is 1.89. The van der Waals surface area contributed by atoms with Crippen molar-refractivity contribution in [3.63, 3.8) is 0 Å². The maximum absolute atomic E-state index is 12.3. The summed E-state index contributed by atoms with van der Waals surface area (Å²) in [6, 6.07) is 7.78. The number of benzene rings is 1. The Labute approximate surface area is 140 Å². The highest BCUT2D eigenvalue weighted by Crippen LogP contribution is 2.21. The summed E-state index contributed by atoms with van der Waals surface area (Å²) < 4.78 is 25.4. The minimum absolute atomic E-state index is 0.00331. The Hall–Kier alpha value is -0.920. The summed E-state index contributed by atoms with van der Waals surface area (Å²) in [5.41, 5.74) is 1.05. The first-order valence-corrected chi connectivity index (χ1v) is 9.92. The summed E-state index contributed by atoms with van der Waals surface area (Å²) in [7, 11) is -3.15. The van der Waals surface area contributed by atoms with Crippen molar-refractivity contribution >= 4 is 31.9 Å². The lowest BCUT2D eigenvalue weighted by atomic mass is 9.96. The molecule has 1 fully saturated rings. The van der Waals surface area contributed by atoms with Crippen molar-refractivity contribution in [1.82, 2.24) is 9.62 Å². The molecule has 0 unspecified atom stereocenters. The Kier molecular flexibility index (Phi) is 5.63. The molecule has 0 spiro atoms. The summed E-state index contributed by atoms with van der Waals surface area (Å²) in [5, 5.41) is 3.02. The fraction of sp³-hybridized carbons (Fsp3) is 0.533. The Morgan fingerprint density at radius 2 is 1.82 bits per heavy atom. The lowest BCUT2D eigenvalue weighted by molar-refractivity contribution is -0.126. The van der Waals surface area contributed by atoms with Crippen molar-refractivity contribution in [2.45, 2.75) is 25.8 Å². The lowest BCUT2D eigenvalue weighted by Gasteiger charge is -2.30. The molecule has 1 amide bonds. The largest absolute Gasteiger partial charge is 0.349 e. The third kappa shape index (κ3) is 4.54. The number of hydrogen-bond acceptors (Lipinski definition) is 3. The molecule has 1 aromatic rings. The van der Waals surface area contributed by atoms with Crippen molar-refractivity contribution in [3.05, 3.63) is 34.3 Å². The highest BCUT2D eigenvalue weighted by molar-refractivity contribution is 9.10. The van der Waals surface area contributed by atoms with E-state index in [1.165, 1.54) is 10.6 Å². The Bertz CT molecular complexity index is 623. The van der Waals surface area contributed by atoms with E-state index >= 15 is 0 Å². The van der Waals surface area contributed by atoms with Gasteiger partial charge in [-0.2, -0.15) is 0 Å². The minimum atomic E-state index is -3.15. The first-order chi connectivity index (χ1) is 10.3. The summed E-state index contributed by atoms with van der Waals surface area (Å²) in [5.74, 6) is -0.112.